The monoisotopic (exact) mass is 293 g/mol. The second-order valence-corrected chi connectivity index (χ2v) is 6.34. The van der Waals surface area contributed by atoms with E-state index in [2.05, 4.69) is 17.4 Å². The first-order valence-corrected chi connectivity index (χ1v) is 8.53. The number of hydrogen-bond donors (Lipinski definition) is 1. The lowest BCUT2D eigenvalue weighted by Crippen LogP contribution is -2.31. The van der Waals surface area contributed by atoms with Crippen molar-refractivity contribution in [2.45, 2.75) is 69.8 Å². The highest BCUT2D eigenvalue weighted by Crippen LogP contribution is 2.38. The van der Waals surface area contributed by atoms with Crippen molar-refractivity contribution in [2.24, 2.45) is 0 Å². The summed E-state index contributed by atoms with van der Waals surface area (Å²) in [5.74, 6) is 1.94. The van der Waals surface area contributed by atoms with Crippen molar-refractivity contribution in [3.63, 3.8) is 0 Å². The first kappa shape index (κ1) is 15.0. The van der Waals surface area contributed by atoms with E-state index in [9.17, 15) is 0 Å². The second kappa shape index (κ2) is 6.88. The summed E-state index contributed by atoms with van der Waals surface area (Å²) in [7, 11) is 0. The molecule has 5 heteroatoms. The summed E-state index contributed by atoms with van der Waals surface area (Å²) in [6.07, 6.45) is 9.29. The van der Waals surface area contributed by atoms with Crippen LogP contribution in [0.4, 0.5) is 0 Å². The smallest absolute Gasteiger partial charge is 0.231 e. The molecule has 0 radical (unpaired) electrons. The number of aromatic nitrogens is 2. The standard InChI is InChI=1S/C16H27N3O2/c1-2-20-16(9-5-3-4-6-10-16)15-18-14(21-19-15)13-8-7-11-17-12-13/h13,17H,2-12H2,1H3/t13-/m1/s1. The van der Waals surface area contributed by atoms with E-state index in [1.165, 1.54) is 32.1 Å². The molecular formula is C16H27N3O2. The summed E-state index contributed by atoms with van der Waals surface area (Å²) in [5.41, 5.74) is -0.310. The van der Waals surface area contributed by atoms with Crippen molar-refractivity contribution in [1.82, 2.24) is 15.5 Å². The molecule has 0 spiro atoms. The largest absolute Gasteiger partial charge is 0.367 e. The Balaban J connectivity index is 1.80. The van der Waals surface area contributed by atoms with Crippen LogP contribution in [0.25, 0.3) is 0 Å². The number of ether oxygens (including phenoxy) is 1. The summed E-state index contributed by atoms with van der Waals surface area (Å²) < 4.78 is 11.7. The maximum absolute atomic E-state index is 6.14. The van der Waals surface area contributed by atoms with Gasteiger partial charge in [-0.15, -0.1) is 0 Å². The molecule has 1 aromatic heterocycles. The first-order valence-electron chi connectivity index (χ1n) is 8.53. The summed E-state index contributed by atoms with van der Waals surface area (Å²) >= 11 is 0. The number of nitrogens with zero attached hydrogens (tertiary/aromatic N) is 2. The predicted octanol–water partition coefficient (Wildman–Crippen LogP) is 3.12. The Hall–Kier alpha value is -0.940. The molecule has 1 aromatic rings. The molecule has 118 valence electrons. The Morgan fingerprint density at radius 2 is 2.05 bits per heavy atom. The van der Waals surface area contributed by atoms with Crippen molar-refractivity contribution in [1.29, 1.82) is 0 Å². The third-order valence-corrected chi connectivity index (χ3v) is 4.83. The van der Waals surface area contributed by atoms with Gasteiger partial charge in [-0.05, 0) is 39.2 Å². The van der Waals surface area contributed by atoms with E-state index in [1.807, 2.05) is 0 Å². The van der Waals surface area contributed by atoms with Gasteiger partial charge >= 0.3 is 0 Å². The Kier molecular flexibility index (Phi) is 4.91. The highest BCUT2D eigenvalue weighted by atomic mass is 16.5. The molecule has 0 amide bonds. The third-order valence-electron chi connectivity index (χ3n) is 4.83. The minimum absolute atomic E-state index is 0.310. The molecule has 2 heterocycles. The lowest BCUT2D eigenvalue weighted by molar-refractivity contribution is -0.0636. The summed E-state index contributed by atoms with van der Waals surface area (Å²) in [4.78, 5) is 4.75. The van der Waals surface area contributed by atoms with E-state index >= 15 is 0 Å². The first-order chi connectivity index (χ1) is 10.3. The van der Waals surface area contributed by atoms with Gasteiger partial charge in [0.15, 0.2) is 0 Å². The molecule has 5 nitrogen and oxygen atoms in total. The molecular weight excluding hydrogens is 266 g/mol. The van der Waals surface area contributed by atoms with Crippen molar-refractivity contribution < 1.29 is 9.26 Å². The van der Waals surface area contributed by atoms with Crippen LogP contribution in [0.2, 0.25) is 0 Å². The molecule has 2 aliphatic rings. The van der Waals surface area contributed by atoms with Crippen molar-refractivity contribution in [2.75, 3.05) is 19.7 Å². The van der Waals surface area contributed by atoms with Gasteiger partial charge in [-0.1, -0.05) is 30.8 Å². The Labute approximate surface area is 126 Å². The van der Waals surface area contributed by atoms with Gasteiger partial charge < -0.3 is 14.6 Å². The molecule has 1 aliphatic carbocycles. The molecule has 1 saturated heterocycles. The summed E-state index contributed by atoms with van der Waals surface area (Å²) in [6, 6.07) is 0. The molecule has 0 bridgehead atoms. The van der Waals surface area contributed by atoms with Gasteiger partial charge in [0.1, 0.15) is 5.60 Å². The zero-order valence-corrected chi connectivity index (χ0v) is 13.1. The van der Waals surface area contributed by atoms with E-state index in [1.54, 1.807) is 0 Å². The molecule has 1 saturated carbocycles. The van der Waals surface area contributed by atoms with E-state index < -0.39 is 0 Å². The van der Waals surface area contributed by atoms with Crippen LogP contribution in [0, 0.1) is 0 Å². The summed E-state index contributed by atoms with van der Waals surface area (Å²) in [6.45, 7) is 4.80. The highest BCUT2D eigenvalue weighted by molar-refractivity contribution is 5.05. The lowest BCUT2D eigenvalue weighted by Gasteiger charge is -2.29. The molecule has 1 atom stereocenters. The Morgan fingerprint density at radius 1 is 1.24 bits per heavy atom. The highest BCUT2D eigenvalue weighted by Gasteiger charge is 2.39. The minimum Gasteiger partial charge on any atom is -0.367 e. The van der Waals surface area contributed by atoms with Gasteiger partial charge in [-0.2, -0.15) is 4.98 Å². The lowest BCUT2D eigenvalue weighted by atomic mass is 9.93. The topological polar surface area (TPSA) is 60.2 Å². The average Bonchev–Trinajstić information content (AvgIpc) is 2.91. The van der Waals surface area contributed by atoms with Crippen molar-refractivity contribution >= 4 is 0 Å². The van der Waals surface area contributed by atoms with Crippen molar-refractivity contribution in [3.8, 4) is 0 Å². The fraction of sp³-hybridized carbons (Fsp3) is 0.875. The third kappa shape index (κ3) is 3.29. The summed E-state index contributed by atoms with van der Waals surface area (Å²) in [5, 5.41) is 7.72. The van der Waals surface area contributed by atoms with Crippen LogP contribution >= 0.6 is 0 Å². The number of nitrogens with one attached hydrogen (secondary N) is 1. The van der Waals surface area contributed by atoms with Crippen LogP contribution in [0.3, 0.4) is 0 Å². The van der Waals surface area contributed by atoms with Gasteiger partial charge in [0.2, 0.25) is 11.7 Å². The van der Waals surface area contributed by atoms with E-state index in [4.69, 9.17) is 14.2 Å². The van der Waals surface area contributed by atoms with E-state index in [-0.39, 0.29) is 5.60 Å². The maximum Gasteiger partial charge on any atom is 0.231 e. The number of rotatable bonds is 4. The Bertz CT molecular complexity index is 432. The van der Waals surface area contributed by atoms with Crippen LogP contribution < -0.4 is 5.32 Å². The van der Waals surface area contributed by atoms with Gasteiger partial charge in [-0.3, -0.25) is 0 Å². The molecule has 0 aromatic carbocycles. The fourth-order valence-electron chi connectivity index (χ4n) is 3.66. The molecule has 3 rings (SSSR count). The van der Waals surface area contributed by atoms with E-state index in [0.717, 1.165) is 44.1 Å². The predicted molar refractivity (Wildman–Crippen MR) is 80.1 cm³/mol. The Morgan fingerprint density at radius 3 is 2.71 bits per heavy atom. The number of hydrogen-bond acceptors (Lipinski definition) is 5. The molecule has 21 heavy (non-hydrogen) atoms. The quantitative estimate of drug-likeness (QED) is 0.864. The zero-order valence-electron chi connectivity index (χ0n) is 13.1. The molecule has 2 fully saturated rings. The molecule has 1 N–H and O–H groups in total. The second-order valence-electron chi connectivity index (χ2n) is 6.34. The average molecular weight is 293 g/mol. The number of piperidine rings is 1. The van der Waals surface area contributed by atoms with Crippen LogP contribution in [0.15, 0.2) is 4.52 Å². The fourth-order valence-corrected chi connectivity index (χ4v) is 3.66. The zero-order chi connectivity index (χ0) is 14.5. The van der Waals surface area contributed by atoms with Gasteiger partial charge in [0.05, 0.1) is 5.92 Å². The van der Waals surface area contributed by atoms with Gasteiger partial charge in [0, 0.05) is 13.2 Å². The van der Waals surface area contributed by atoms with Crippen LogP contribution in [0.5, 0.6) is 0 Å². The van der Waals surface area contributed by atoms with Crippen molar-refractivity contribution in [3.05, 3.63) is 11.7 Å². The molecule has 1 aliphatic heterocycles. The van der Waals surface area contributed by atoms with Gasteiger partial charge in [-0.25, -0.2) is 0 Å². The van der Waals surface area contributed by atoms with Crippen LogP contribution in [-0.4, -0.2) is 29.8 Å². The SMILES string of the molecule is CCOC1(c2noc([C@@H]3CCCNC3)n2)CCCCCC1. The molecule has 0 unspecified atom stereocenters. The maximum atomic E-state index is 6.14. The van der Waals surface area contributed by atoms with E-state index in [0.29, 0.717) is 12.5 Å². The normalized spacial score (nSPS) is 26.4. The minimum atomic E-state index is -0.310. The van der Waals surface area contributed by atoms with Crippen LogP contribution in [-0.2, 0) is 10.3 Å². The van der Waals surface area contributed by atoms with Crippen LogP contribution in [0.1, 0.15) is 75.9 Å². The van der Waals surface area contributed by atoms with Gasteiger partial charge in [0.25, 0.3) is 0 Å².